The Kier molecular flexibility index (Phi) is 6.38. The topological polar surface area (TPSA) is 96.7 Å². The Morgan fingerprint density at radius 1 is 0.923 bits per heavy atom. The smallest absolute Gasteiger partial charge is 0.256 e. The first-order chi connectivity index (χ1) is 19.0. The molecule has 0 spiro atoms. The normalized spacial score (nSPS) is 15.1. The second-order valence-electron chi connectivity index (χ2n) is 9.26. The Balaban J connectivity index is 1.31. The number of fused-ring (bicyclic) bond motifs is 2. The van der Waals surface area contributed by atoms with Gasteiger partial charge in [-0.2, -0.15) is 0 Å². The van der Waals surface area contributed by atoms with Crippen LogP contribution in [-0.2, 0) is 17.8 Å². The largest absolute Gasteiger partial charge is 0.323 e. The summed E-state index contributed by atoms with van der Waals surface area (Å²) in [5.41, 5.74) is 3.78. The molecular formula is C30H22ClN5O3. The summed E-state index contributed by atoms with van der Waals surface area (Å²) in [7, 11) is 0. The first kappa shape index (κ1) is 24.5. The van der Waals surface area contributed by atoms with E-state index in [2.05, 4.69) is 15.3 Å². The maximum absolute atomic E-state index is 13.8. The molecule has 8 nitrogen and oxygen atoms in total. The van der Waals surface area contributed by atoms with Gasteiger partial charge in [0.05, 0.1) is 16.8 Å². The van der Waals surface area contributed by atoms with E-state index in [1.807, 2.05) is 18.3 Å². The van der Waals surface area contributed by atoms with Crippen molar-refractivity contribution in [1.82, 2.24) is 19.3 Å². The van der Waals surface area contributed by atoms with Crippen LogP contribution in [-0.4, -0.2) is 42.9 Å². The highest BCUT2D eigenvalue weighted by Gasteiger charge is 2.36. The molecule has 4 heterocycles. The van der Waals surface area contributed by atoms with E-state index in [0.29, 0.717) is 38.7 Å². The van der Waals surface area contributed by atoms with Gasteiger partial charge < -0.3 is 14.6 Å². The average Bonchev–Trinajstić information content (AvgIpc) is 3.41. The van der Waals surface area contributed by atoms with Crippen LogP contribution in [0, 0.1) is 0 Å². The number of carbonyl (C=O) groups excluding carboxylic acids is 3. The molecule has 39 heavy (non-hydrogen) atoms. The van der Waals surface area contributed by atoms with Gasteiger partial charge in [0.2, 0.25) is 5.91 Å². The van der Waals surface area contributed by atoms with Gasteiger partial charge in [-0.1, -0.05) is 41.9 Å². The Morgan fingerprint density at radius 2 is 1.77 bits per heavy atom. The maximum Gasteiger partial charge on any atom is 0.256 e. The van der Waals surface area contributed by atoms with Crippen LogP contribution in [0.2, 0.25) is 5.02 Å². The van der Waals surface area contributed by atoms with Crippen molar-refractivity contribution >= 4 is 40.5 Å². The standard InChI is InChI=1S/C30H22ClN5O3/c31-21-10-11-23-25(16-21)34-29(38)26(17-22-4-1-2-12-32-22)36(30(23)39)18-19-6-8-20(9-7-19)27(37)24-5-3-14-35-15-13-33-28(24)35/h1-16,26H,17-18H2,(H,34,38)/t26-/m1/s1. The number of nitrogens with zero attached hydrogens (tertiary/aromatic N) is 4. The van der Waals surface area contributed by atoms with E-state index < -0.39 is 6.04 Å². The van der Waals surface area contributed by atoms with Crippen molar-refractivity contribution in [3.05, 3.63) is 131 Å². The number of halogens is 1. The van der Waals surface area contributed by atoms with Crippen molar-refractivity contribution in [3.8, 4) is 0 Å². The fourth-order valence-electron chi connectivity index (χ4n) is 4.80. The summed E-state index contributed by atoms with van der Waals surface area (Å²) in [5.74, 6) is -0.774. The minimum absolute atomic E-state index is 0.151. The lowest BCUT2D eigenvalue weighted by Crippen LogP contribution is -2.46. The van der Waals surface area contributed by atoms with Gasteiger partial charge in [0, 0.05) is 54.0 Å². The molecule has 0 saturated heterocycles. The van der Waals surface area contributed by atoms with Crippen molar-refractivity contribution in [1.29, 1.82) is 0 Å². The number of carbonyl (C=O) groups is 3. The number of amides is 2. The van der Waals surface area contributed by atoms with Gasteiger partial charge in [0.15, 0.2) is 5.78 Å². The number of ketones is 1. The number of pyridine rings is 2. The molecule has 6 rings (SSSR count). The van der Waals surface area contributed by atoms with E-state index in [1.54, 1.807) is 88.6 Å². The predicted molar refractivity (Wildman–Crippen MR) is 147 cm³/mol. The van der Waals surface area contributed by atoms with Crippen LogP contribution in [0.25, 0.3) is 5.65 Å². The Morgan fingerprint density at radius 3 is 2.56 bits per heavy atom. The Hall–Kier alpha value is -4.82. The number of rotatable bonds is 6. The van der Waals surface area contributed by atoms with Gasteiger partial charge >= 0.3 is 0 Å². The average molecular weight is 536 g/mol. The number of anilines is 1. The van der Waals surface area contributed by atoms with E-state index >= 15 is 0 Å². The highest BCUT2D eigenvalue weighted by molar-refractivity contribution is 6.31. The van der Waals surface area contributed by atoms with E-state index in [-0.39, 0.29) is 30.6 Å². The summed E-state index contributed by atoms with van der Waals surface area (Å²) in [6.45, 7) is 0.163. The SMILES string of the molecule is O=C(c1ccc(CN2C(=O)c3ccc(Cl)cc3NC(=O)[C@H]2Cc2ccccn2)cc1)c1cccn2ccnc12. The molecule has 1 aliphatic heterocycles. The van der Waals surface area contributed by atoms with Crippen molar-refractivity contribution < 1.29 is 14.4 Å². The molecule has 0 unspecified atom stereocenters. The summed E-state index contributed by atoms with van der Waals surface area (Å²) in [4.78, 5) is 50.6. The minimum Gasteiger partial charge on any atom is -0.323 e. The zero-order chi connectivity index (χ0) is 26.9. The van der Waals surface area contributed by atoms with Gasteiger partial charge in [0.25, 0.3) is 5.91 Å². The first-order valence-corrected chi connectivity index (χ1v) is 12.7. The van der Waals surface area contributed by atoms with Crippen LogP contribution >= 0.6 is 11.6 Å². The quantitative estimate of drug-likeness (QED) is 0.314. The summed E-state index contributed by atoms with van der Waals surface area (Å²) in [6.07, 6.45) is 7.17. The number of nitrogens with one attached hydrogen (secondary N) is 1. The van der Waals surface area contributed by atoms with Crippen molar-refractivity contribution in [2.75, 3.05) is 5.32 Å². The first-order valence-electron chi connectivity index (χ1n) is 12.3. The molecule has 1 atom stereocenters. The fourth-order valence-corrected chi connectivity index (χ4v) is 4.97. The van der Waals surface area contributed by atoms with Crippen molar-refractivity contribution in [2.45, 2.75) is 19.0 Å². The van der Waals surface area contributed by atoms with Gasteiger partial charge in [-0.25, -0.2) is 4.98 Å². The fraction of sp³-hybridized carbons (Fsp3) is 0.100. The zero-order valence-corrected chi connectivity index (χ0v) is 21.4. The molecule has 192 valence electrons. The molecule has 5 aromatic rings. The lowest BCUT2D eigenvalue weighted by Gasteiger charge is -2.28. The molecule has 0 radical (unpaired) electrons. The van der Waals surface area contributed by atoms with Crippen LogP contribution in [0.1, 0.15) is 37.5 Å². The van der Waals surface area contributed by atoms with Gasteiger partial charge in [0.1, 0.15) is 11.7 Å². The number of hydrogen-bond donors (Lipinski definition) is 1. The Labute approximate surface area is 228 Å². The van der Waals surface area contributed by atoms with Crippen LogP contribution in [0.15, 0.2) is 97.6 Å². The number of imidazole rings is 1. The molecule has 0 saturated carbocycles. The second kappa shape index (κ2) is 10.2. The number of benzene rings is 2. The second-order valence-corrected chi connectivity index (χ2v) is 9.70. The molecule has 1 N–H and O–H groups in total. The van der Waals surface area contributed by atoms with Gasteiger partial charge in [-0.3, -0.25) is 19.4 Å². The van der Waals surface area contributed by atoms with Crippen LogP contribution < -0.4 is 5.32 Å². The molecule has 9 heteroatoms. The molecule has 2 amide bonds. The highest BCUT2D eigenvalue weighted by atomic mass is 35.5. The highest BCUT2D eigenvalue weighted by Crippen LogP contribution is 2.29. The third-order valence-electron chi connectivity index (χ3n) is 6.77. The number of hydrogen-bond acceptors (Lipinski definition) is 5. The molecule has 3 aromatic heterocycles. The summed E-state index contributed by atoms with van der Waals surface area (Å²) in [5, 5.41) is 3.29. The van der Waals surface area contributed by atoms with Gasteiger partial charge in [-0.15, -0.1) is 0 Å². The lowest BCUT2D eigenvalue weighted by molar-refractivity contribution is -0.120. The van der Waals surface area contributed by atoms with Crippen LogP contribution in [0.3, 0.4) is 0 Å². The molecule has 0 aliphatic carbocycles. The zero-order valence-electron chi connectivity index (χ0n) is 20.6. The van der Waals surface area contributed by atoms with E-state index in [1.165, 1.54) is 0 Å². The monoisotopic (exact) mass is 535 g/mol. The molecular weight excluding hydrogens is 514 g/mol. The van der Waals surface area contributed by atoms with E-state index in [9.17, 15) is 14.4 Å². The van der Waals surface area contributed by atoms with E-state index in [0.717, 1.165) is 5.56 Å². The number of aromatic nitrogens is 3. The van der Waals surface area contributed by atoms with Crippen molar-refractivity contribution in [3.63, 3.8) is 0 Å². The Bertz CT molecular complexity index is 1720. The third-order valence-corrected chi connectivity index (χ3v) is 7.01. The molecule has 0 fully saturated rings. The molecule has 0 bridgehead atoms. The van der Waals surface area contributed by atoms with Crippen LogP contribution in [0.4, 0.5) is 5.69 Å². The molecule has 2 aromatic carbocycles. The third kappa shape index (κ3) is 4.78. The molecule has 1 aliphatic rings. The van der Waals surface area contributed by atoms with Crippen LogP contribution in [0.5, 0.6) is 0 Å². The minimum atomic E-state index is -0.807. The van der Waals surface area contributed by atoms with E-state index in [4.69, 9.17) is 11.6 Å². The summed E-state index contributed by atoms with van der Waals surface area (Å²) < 4.78 is 1.80. The maximum atomic E-state index is 13.8. The lowest BCUT2D eigenvalue weighted by atomic mass is 10.0. The van der Waals surface area contributed by atoms with Crippen molar-refractivity contribution in [2.24, 2.45) is 0 Å². The van der Waals surface area contributed by atoms with Gasteiger partial charge in [-0.05, 0) is 48.0 Å². The predicted octanol–water partition coefficient (Wildman–Crippen LogP) is 4.82. The summed E-state index contributed by atoms with van der Waals surface area (Å²) in [6, 6.07) is 20.1. The summed E-state index contributed by atoms with van der Waals surface area (Å²) >= 11 is 6.15.